The van der Waals surface area contributed by atoms with Crippen LogP contribution in [0.4, 0.5) is 5.69 Å². The Balaban J connectivity index is 1.57. The number of ether oxygens (including phenoxy) is 1. The molecule has 8 nitrogen and oxygen atoms in total. The first-order valence-corrected chi connectivity index (χ1v) is 11.8. The van der Waals surface area contributed by atoms with Crippen LogP contribution in [-0.4, -0.2) is 38.0 Å². The minimum atomic E-state index is -0.137. The lowest BCUT2D eigenvalue weighted by Gasteiger charge is -2.15. The topological polar surface area (TPSA) is 109 Å². The lowest BCUT2D eigenvalue weighted by atomic mass is 10.3. The predicted octanol–water partition coefficient (Wildman–Crippen LogP) is 4.71. The summed E-state index contributed by atoms with van der Waals surface area (Å²) in [6, 6.07) is 14.6. The summed E-state index contributed by atoms with van der Waals surface area (Å²) in [5.74, 6) is 0.952. The number of halogens is 1. The zero-order valence-corrected chi connectivity index (χ0v) is 19.8. The second-order valence-corrected chi connectivity index (χ2v) is 8.62. The molecule has 0 radical (unpaired) electrons. The fourth-order valence-electron chi connectivity index (χ4n) is 3.38. The average Bonchev–Trinajstić information content (AvgIpc) is 3.17. The molecule has 0 aliphatic heterocycles. The molecule has 0 bridgehead atoms. The van der Waals surface area contributed by atoms with Gasteiger partial charge in [0, 0.05) is 17.9 Å². The van der Waals surface area contributed by atoms with Gasteiger partial charge in [-0.1, -0.05) is 47.6 Å². The van der Waals surface area contributed by atoms with Gasteiger partial charge in [-0.2, -0.15) is 5.10 Å². The van der Waals surface area contributed by atoms with E-state index in [0.29, 0.717) is 50.7 Å². The molecule has 2 heterocycles. The van der Waals surface area contributed by atoms with Gasteiger partial charge in [0.15, 0.2) is 10.8 Å². The van der Waals surface area contributed by atoms with Crippen molar-refractivity contribution in [3.05, 3.63) is 64.7 Å². The molecule has 0 atom stereocenters. The number of hydrogen-bond donors (Lipinski definition) is 3. The van der Waals surface area contributed by atoms with E-state index in [1.165, 1.54) is 11.8 Å². The van der Waals surface area contributed by atoms with Crippen LogP contribution in [0.25, 0.3) is 16.7 Å². The van der Waals surface area contributed by atoms with E-state index in [0.717, 1.165) is 5.69 Å². The van der Waals surface area contributed by atoms with Gasteiger partial charge in [-0.15, -0.1) is 0 Å². The molecule has 0 aliphatic rings. The van der Waals surface area contributed by atoms with E-state index in [9.17, 15) is 4.79 Å². The molecule has 0 spiro atoms. The zero-order chi connectivity index (χ0) is 23.4. The molecule has 1 amide bonds. The molecule has 0 saturated carbocycles. The number of aromatic nitrogens is 4. The molecule has 0 fully saturated rings. The van der Waals surface area contributed by atoms with Crippen molar-refractivity contribution in [2.24, 2.45) is 0 Å². The summed E-state index contributed by atoms with van der Waals surface area (Å²) in [6.45, 7) is 4.26. The second-order valence-electron chi connectivity index (χ2n) is 7.15. The van der Waals surface area contributed by atoms with Gasteiger partial charge in [-0.25, -0.2) is 4.98 Å². The van der Waals surface area contributed by atoms with Crippen molar-refractivity contribution in [3.8, 4) is 11.4 Å². The van der Waals surface area contributed by atoms with E-state index >= 15 is 0 Å². The van der Waals surface area contributed by atoms with E-state index in [2.05, 4.69) is 20.5 Å². The maximum absolute atomic E-state index is 12.6. The Bertz CT molecular complexity index is 1370. The number of para-hydroxylation sites is 3. The number of anilines is 1. The van der Waals surface area contributed by atoms with Crippen LogP contribution in [0.2, 0.25) is 5.02 Å². The summed E-state index contributed by atoms with van der Waals surface area (Å²) in [5.41, 5.74) is 2.74. The van der Waals surface area contributed by atoms with Crippen molar-refractivity contribution in [1.82, 2.24) is 19.7 Å². The number of thioether (sulfide) groups is 1. The third-order valence-electron chi connectivity index (χ3n) is 4.90. The number of benzene rings is 2. The van der Waals surface area contributed by atoms with Crippen molar-refractivity contribution in [3.63, 3.8) is 0 Å². The van der Waals surface area contributed by atoms with E-state index in [-0.39, 0.29) is 17.8 Å². The average molecular weight is 483 g/mol. The van der Waals surface area contributed by atoms with E-state index < -0.39 is 0 Å². The SMILES string of the molecule is CCOc1ccccc1NC(=O)CCSc1nc2n[nH]c(C)c2c(=N)n1-c1ccccc1Cl. The quantitative estimate of drug-likeness (QED) is 0.249. The lowest BCUT2D eigenvalue weighted by Crippen LogP contribution is -2.22. The molecule has 170 valence electrons. The van der Waals surface area contributed by atoms with Crippen LogP contribution in [0.5, 0.6) is 5.75 Å². The Kier molecular flexibility index (Phi) is 7.00. The maximum Gasteiger partial charge on any atom is 0.225 e. The predicted molar refractivity (Wildman–Crippen MR) is 130 cm³/mol. The van der Waals surface area contributed by atoms with Crippen LogP contribution in [0.3, 0.4) is 0 Å². The molecular formula is C23H23ClN6O2S. The molecule has 2 aromatic heterocycles. The highest BCUT2D eigenvalue weighted by atomic mass is 35.5. The summed E-state index contributed by atoms with van der Waals surface area (Å²) in [5, 5.41) is 20.5. The van der Waals surface area contributed by atoms with E-state index in [1.807, 2.05) is 56.3 Å². The van der Waals surface area contributed by atoms with Gasteiger partial charge in [-0.05, 0) is 38.1 Å². The number of hydrogen-bond acceptors (Lipinski definition) is 6. The summed E-state index contributed by atoms with van der Waals surface area (Å²) in [7, 11) is 0. The molecule has 4 rings (SSSR count). The number of nitrogens with one attached hydrogen (secondary N) is 3. The Morgan fingerprint density at radius 3 is 2.79 bits per heavy atom. The largest absolute Gasteiger partial charge is 0.492 e. The van der Waals surface area contributed by atoms with Crippen LogP contribution >= 0.6 is 23.4 Å². The van der Waals surface area contributed by atoms with Crippen molar-refractivity contribution in [2.45, 2.75) is 25.4 Å². The van der Waals surface area contributed by atoms with Crippen LogP contribution in [0, 0.1) is 12.3 Å². The molecule has 2 aromatic carbocycles. The second kappa shape index (κ2) is 10.1. The number of H-pyrrole nitrogens is 1. The summed E-state index contributed by atoms with van der Waals surface area (Å²) < 4.78 is 7.26. The van der Waals surface area contributed by atoms with Crippen LogP contribution in [0.15, 0.2) is 53.7 Å². The van der Waals surface area contributed by atoms with Crippen molar-refractivity contribution < 1.29 is 9.53 Å². The maximum atomic E-state index is 12.6. The molecule has 3 N–H and O–H groups in total. The molecule has 10 heteroatoms. The van der Waals surface area contributed by atoms with Crippen molar-refractivity contribution >= 4 is 46.0 Å². The Labute approximate surface area is 199 Å². The highest BCUT2D eigenvalue weighted by Gasteiger charge is 2.17. The van der Waals surface area contributed by atoms with Gasteiger partial charge in [0.1, 0.15) is 11.2 Å². The minimum Gasteiger partial charge on any atom is -0.492 e. The molecule has 0 unspecified atom stereocenters. The zero-order valence-electron chi connectivity index (χ0n) is 18.2. The number of nitrogens with zero attached hydrogens (tertiary/aromatic N) is 3. The Morgan fingerprint density at radius 1 is 1.24 bits per heavy atom. The van der Waals surface area contributed by atoms with E-state index in [1.54, 1.807) is 10.6 Å². The molecular weight excluding hydrogens is 460 g/mol. The number of fused-ring (bicyclic) bond motifs is 1. The van der Waals surface area contributed by atoms with Crippen LogP contribution < -0.4 is 15.5 Å². The Morgan fingerprint density at radius 2 is 2.00 bits per heavy atom. The normalized spacial score (nSPS) is 11.0. The number of aromatic amines is 1. The third kappa shape index (κ3) is 4.89. The molecule has 4 aromatic rings. The van der Waals surface area contributed by atoms with E-state index in [4.69, 9.17) is 21.7 Å². The summed E-state index contributed by atoms with van der Waals surface area (Å²) in [6.07, 6.45) is 0.250. The first-order chi connectivity index (χ1) is 16.0. The standard InChI is InChI=1S/C23H23ClN6O2S/c1-3-32-18-11-7-5-9-16(18)26-19(31)12-13-33-23-27-22-20(14(2)28-29-22)21(25)30(23)17-10-6-4-8-15(17)24/h4-11,25H,3,12-13H2,1-2H3,(H,26,31)(H,28,29). The van der Waals surface area contributed by atoms with Crippen molar-refractivity contribution in [1.29, 1.82) is 5.41 Å². The first-order valence-electron chi connectivity index (χ1n) is 10.4. The number of amides is 1. The number of carbonyl (C=O) groups excluding carboxylic acids is 1. The minimum absolute atomic E-state index is 0.137. The third-order valence-corrected chi connectivity index (χ3v) is 6.16. The summed E-state index contributed by atoms with van der Waals surface area (Å²) in [4.78, 5) is 17.2. The van der Waals surface area contributed by atoms with Gasteiger partial charge < -0.3 is 10.1 Å². The van der Waals surface area contributed by atoms with Gasteiger partial charge in [0.2, 0.25) is 5.91 Å². The van der Waals surface area contributed by atoms with Gasteiger partial charge in [-0.3, -0.25) is 19.9 Å². The van der Waals surface area contributed by atoms with Gasteiger partial charge >= 0.3 is 0 Å². The molecule has 0 saturated heterocycles. The van der Waals surface area contributed by atoms with Gasteiger partial charge in [0.25, 0.3) is 0 Å². The lowest BCUT2D eigenvalue weighted by molar-refractivity contribution is -0.115. The van der Waals surface area contributed by atoms with Crippen LogP contribution in [0.1, 0.15) is 19.0 Å². The van der Waals surface area contributed by atoms with Gasteiger partial charge in [0.05, 0.1) is 28.4 Å². The highest BCUT2D eigenvalue weighted by Crippen LogP contribution is 2.27. The molecule has 0 aliphatic carbocycles. The van der Waals surface area contributed by atoms with Crippen LogP contribution in [-0.2, 0) is 4.79 Å². The fourth-order valence-corrected chi connectivity index (χ4v) is 4.54. The molecule has 33 heavy (non-hydrogen) atoms. The smallest absolute Gasteiger partial charge is 0.225 e. The highest BCUT2D eigenvalue weighted by molar-refractivity contribution is 7.99. The monoisotopic (exact) mass is 482 g/mol. The van der Waals surface area contributed by atoms with Crippen molar-refractivity contribution in [2.75, 3.05) is 17.7 Å². The first kappa shape index (κ1) is 22.9. The summed E-state index contributed by atoms with van der Waals surface area (Å²) >= 11 is 7.81. The fraction of sp³-hybridized carbons (Fsp3) is 0.217. The number of aryl methyl sites for hydroxylation is 1. The number of carbonyl (C=O) groups is 1. The Hall–Kier alpha value is -3.30. The number of rotatable bonds is 8.